The monoisotopic (exact) mass is 178 g/mol. The second-order valence-electron chi connectivity index (χ2n) is 0.949. The molecule has 0 aliphatic rings. The fraction of sp³-hybridized carbons (Fsp3) is 1.00. The van der Waals surface area contributed by atoms with Gasteiger partial charge in [0.25, 0.3) is 0 Å². The predicted octanol–water partition coefficient (Wildman–Crippen LogP) is -0.385. The van der Waals surface area contributed by atoms with Crippen LogP contribution in [0.2, 0.25) is 0 Å². The van der Waals surface area contributed by atoms with Crippen molar-refractivity contribution in [3.8, 4) is 0 Å². The summed E-state index contributed by atoms with van der Waals surface area (Å²) >= 11 is 0. The molecule has 4 heteroatoms. The van der Waals surface area contributed by atoms with E-state index in [1.54, 1.807) is 20.8 Å². The van der Waals surface area contributed by atoms with Crippen molar-refractivity contribution in [1.82, 2.24) is 0 Å². The summed E-state index contributed by atoms with van der Waals surface area (Å²) in [5, 5.41) is 22.7. The first kappa shape index (κ1) is 22.5. The molecule has 0 bridgehead atoms. The van der Waals surface area contributed by atoms with Crippen molar-refractivity contribution in [3.05, 3.63) is 0 Å². The SMILES string of the molecule is CCO.CCO.CCO.[Ca]. The van der Waals surface area contributed by atoms with Crippen molar-refractivity contribution in [2.24, 2.45) is 0 Å². The van der Waals surface area contributed by atoms with E-state index >= 15 is 0 Å². The Kier molecular flexibility index (Phi) is 111. The second-order valence-corrected chi connectivity index (χ2v) is 0.949. The third kappa shape index (κ3) is 466. The van der Waals surface area contributed by atoms with E-state index in [1.165, 1.54) is 0 Å². The third-order valence-electron chi connectivity index (χ3n) is 0. The fourth-order valence-corrected chi connectivity index (χ4v) is 0. The summed E-state index contributed by atoms with van der Waals surface area (Å²) < 4.78 is 0. The maximum Gasteiger partial charge on any atom is 0.0402 e. The van der Waals surface area contributed by atoms with Crippen molar-refractivity contribution in [3.63, 3.8) is 0 Å². The second kappa shape index (κ2) is 49.4. The van der Waals surface area contributed by atoms with Gasteiger partial charge in [0.05, 0.1) is 0 Å². The minimum Gasteiger partial charge on any atom is -0.397 e. The minimum atomic E-state index is 0. The van der Waals surface area contributed by atoms with Crippen LogP contribution in [0, 0.1) is 0 Å². The minimum absolute atomic E-state index is 0. The number of hydrogen-bond acceptors (Lipinski definition) is 3. The van der Waals surface area contributed by atoms with E-state index in [9.17, 15) is 0 Å². The molecule has 0 aromatic heterocycles. The van der Waals surface area contributed by atoms with Gasteiger partial charge in [-0.3, -0.25) is 0 Å². The van der Waals surface area contributed by atoms with Gasteiger partial charge in [-0.25, -0.2) is 0 Å². The fourth-order valence-electron chi connectivity index (χ4n) is 0. The molecule has 0 unspecified atom stereocenters. The van der Waals surface area contributed by atoms with Crippen LogP contribution < -0.4 is 0 Å². The van der Waals surface area contributed by atoms with E-state index in [-0.39, 0.29) is 57.6 Å². The Labute approximate surface area is 93.1 Å². The van der Waals surface area contributed by atoms with Gasteiger partial charge < -0.3 is 15.3 Å². The average Bonchev–Trinajstić information content (AvgIpc) is 1.70. The van der Waals surface area contributed by atoms with Crippen molar-refractivity contribution in [2.45, 2.75) is 20.8 Å². The van der Waals surface area contributed by atoms with Gasteiger partial charge in [-0.1, -0.05) is 0 Å². The van der Waals surface area contributed by atoms with Crippen LogP contribution in [0.1, 0.15) is 20.8 Å². The van der Waals surface area contributed by atoms with Crippen molar-refractivity contribution in [2.75, 3.05) is 19.8 Å². The summed E-state index contributed by atoms with van der Waals surface area (Å²) in [6, 6.07) is 0. The van der Waals surface area contributed by atoms with Crippen LogP contribution in [0.5, 0.6) is 0 Å². The summed E-state index contributed by atoms with van der Waals surface area (Å²) in [5.41, 5.74) is 0. The van der Waals surface area contributed by atoms with E-state index in [0.717, 1.165) is 0 Å². The molecule has 3 N–H and O–H groups in total. The Morgan fingerprint density at radius 2 is 0.700 bits per heavy atom. The third-order valence-corrected chi connectivity index (χ3v) is 0. The van der Waals surface area contributed by atoms with Crippen LogP contribution in [-0.4, -0.2) is 72.9 Å². The quantitative estimate of drug-likeness (QED) is 0.443. The molecular formula is C6H18CaO3. The van der Waals surface area contributed by atoms with E-state index < -0.39 is 0 Å². The molecule has 0 saturated heterocycles. The summed E-state index contributed by atoms with van der Waals surface area (Å²) in [5.74, 6) is 0. The Balaban J connectivity index is -0.0000000257. The van der Waals surface area contributed by atoms with Gasteiger partial charge in [0.2, 0.25) is 0 Å². The van der Waals surface area contributed by atoms with E-state index in [4.69, 9.17) is 15.3 Å². The largest absolute Gasteiger partial charge is 0.397 e. The zero-order valence-electron chi connectivity index (χ0n) is 7.17. The van der Waals surface area contributed by atoms with Crippen LogP contribution in [0.15, 0.2) is 0 Å². The van der Waals surface area contributed by atoms with Crippen LogP contribution in [0.4, 0.5) is 0 Å². The van der Waals surface area contributed by atoms with E-state index in [2.05, 4.69) is 0 Å². The van der Waals surface area contributed by atoms with Crippen molar-refractivity contribution in [1.29, 1.82) is 0 Å². The summed E-state index contributed by atoms with van der Waals surface area (Å²) in [7, 11) is 0. The van der Waals surface area contributed by atoms with Gasteiger partial charge in [-0.15, -0.1) is 0 Å². The maximum atomic E-state index is 7.57. The molecule has 2 radical (unpaired) electrons. The molecule has 0 aromatic carbocycles. The van der Waals surface area contributed by atoms with Crippen LogP contribution in [0.3, 0.4) is 0 Å². The molecule has 10 heavy (non-hydrogen) atoms. The zero-order chi connectivity index (χ0) is 8.12. The van der Waals surface area contributed by atoms with Gasteiger partial charge >= 0.3 is 0 Å². The molecule has 3 nitrogen and oxygen atoms in total. The van der Waals surface area contributed by atoms with E-state index in [0.29, 0.717) is 0 Å². The molecule has 0 rings (SSSR count). The van der Waals surface area contributed by atoms with Crippen LogP contribution >= 0.6 is 0 Å². The van der Waals surface area contributed by atoms with Gasteiger partial charge in [-0.2, -0.15) is 0 Å². The smallest absolute Gasteiger partial charge is 0.0402 e. The standard InChI is InChI=1S/3C2H6O.Ca/c3*1-2-3;/h3*3H,2H2,1H3;. The first-order valence-electron chi connectivity index (χ1n) is 3.07. The molecule has 0 aliphatic carbocycles. The molecular weight excluding hydrogens is 160 g/mol. The maximum absolute atomic E-state index is 7.57. The average molecular weight is 178 g/mol. The molecule has 0 aliphatic heterocycles. The number of rotatable bonds is 0. The Morgan fingerprint density at radius 1 is 0.700 bits per heavy atom. The Hall–Kier alpha value is 1.14. The molecule has 0 spiro atoms. The normalized spacial score (nSPS) is 5.40. The summed E-state index contributed by atoms with van der Waals surface area (Å²) in [6.07, 6.45) is 0. The summed E-state index contributed by atoms with van der Waals surface area (Å²) in [6.45, 7) is 5.79. The van der Waals surface area contributed by atoms with Crippen LogP contribution in [0.25, 0.3) is 0 Å². The number of aliphatic hydroxyl groups is 3. The molecule has 0 fully saturated rings. The molecule has 0 saturated carbocycles. The summed E-state index contributed by atoms with van der Waals surface area (Å²) in [4.78, 5) is 0. The van der Waals surface area contributed by atoms with Gasteiger partial charge in [-0.05, 0) is 20.8 Å². The van der Waals surface area contributed by atoms with Gasteiger partial charge in [0.1, 0.15) is 0 Å². The zero-order valence-corrected chi connectivity index (χ0v) is 9.38. The van der Waals surface area contributed by atoms with Gasteiger partial charge in [0.15, 0.2) is 0 Å². The molecule has 0 atom stereocenters. The first-order chi connectivity index (χ1) is 4.24. The van der Waals surface area contributed by atoms with Crippen LogP contribution in [-0.2, 0) is 0 Å². The molecule has 62 valence electrons. The predicted molar refractivity (Wildman–Crippen MR) is 44.0 cm³/mol. The number of aliphatic hydroxyl groups excluding tert-OH is 3. The Bertz CT molecular complexity index is 17.7. The Morgan fingerprint density at radius 3 is 0.700 bits per heavy atom. The topological polar surface area (TPSA) is 60.7 Å². The molecule has 0 aromatic rings. The van der Waals surface area contributed by atoms with E-state index in [1.807, 2.05) is 0 Å². The molecule has 0 heterocycles. The van der Waals surface area contributed by atoms with Crippen molar-refractivity contribution < 1.29 is 15.3 Å². The molecule has 0 amide bonds. The van der Waals surface area contributed by atoms with Crippen molar-refractivity contribution >= 4 is 37.7 Å². The first-order valence-corrected chi connectivity index (χ1v) is 3.07. The van der Waals surface area contributed by atoms with Gasteiger partial charge in [0, 0.05) is 57.6 Å². The number of hydrogen-bond donors (Lipinski definition) is 3.